The molecule has 4 aromatic rings. The maximum absolute atomic E-state index is 10.6. The fourth-order valence-corrected chi connectivity index (χ4v) is 4.44. The maximum atomic E-state index is 10.6. The van der Waals surface area contributed by atoms with Crippen LogP contribution in [-0.4, -0.2) is 21.9 Å². The van der Waals surface area contributed by atoms with Crippen molar-refractivity contribution in [2.24, 2.45) is 0 Å². The molecule has 36 heavy (non-hydrogen) atoms. The van der Waals surface area contributed by atoms with Crippen molar-refractivity contribution in [3.05, 3.63) is 101 Å². The van der Waals surface area contributed by atoms with Crippen LogP contribution in [0.25, 0.3) is 0 Å². The summed E-state index contributed by atoms with van der Waals surface area (Å²) in [6.45, 7) is 2.37. The van der Waals surface area contributed by atoms with Crippen molar-refractivity contribution in [2.45, 2.75) is 32.3 Å². The SMILES string of the molecule is CCO[C@@H]1Cc2cccc(c2)Oc2c(O)cccc2CCc2ccc(cc2)Oc2cc1cc(O)c2O. The third-order valence-corrected chi connectivity index (χ3v) is 6.27. The fourth-order valence-electron chi connectivity index (χ4n) is 4.44. The Hall–Kier alpha value is -4.16. The molecule has 4 aromatic carbocycles. The molecule has 6 rings (SSSR count). The number of aryl methyl sites for hydroxylation is 2. The van der Waals surface area contributed by atoms with Crippen LogP contribution in [0.4, 0.5) is 0 Å². The lowest BCUT2D eigenvalue weighted by atomic mass is 10.00. The number of fused-ring (bicyclic) bond motifs is 4. The van der Waals surface area contributed by atoms with Gasteiger partial charge >= 0.3 is 0 Å². The van der Waals surface area contributed by atoms with Crippen LogP contribution in [0.2, 0.25) is 0 Å². The number of aromatic hydroxyl groups is 3. The van der Waals surface area contributed by atoms with E-state index in [-0.39, 0.29) is 23.0 Å². The highest BCUT2D eigenvalue weighted by Gasteiger charge is 2.20. The van der Waals surface area contributed by atoms with E-state index in [1.807, 2.05) is 67.6 Å². The molecule has 0 radical (unpaired) electrons. The maximum Gasteiger partial charge on any atom is 0.201 e. The van der Waals surface area contributed by atoms with Crippen LogP contribution in [0.1, 0.15) is 35.3 Å². The number of ether oxygens (including phenoxy) is 3. The van der Waals surface area contributed by atoms with E-state index in [4.69, 9.17) is 14.2 Å². The van der Waals surface area contributed by atoms with Gasteiger partial charge in [-0.1, -0.05) is 36.4 Å². The Morgan fingerprint density at radius 1 is 0.778 bits per heavy atom. The lowest BCUT2D eigenvalue weighted by Crippen LogP contribution is -2.08. The quantitative estimate of drug-likeness (QED) is 0.271. The average molecular weight is 485 g/mol. The van der Waals surface area contributed by atoms with Gasteiger partial charge in [0.2, 0.25) is 5.75 Å². The van der Waals surface area contributed by atoms with E-state index < -0.39 is 6.10 Å². The largest absolute Gasteiger partial charge is 0.504 e. The number of rotatable bonds is 2. The number of hydrogen-bond acceptors (Lipinski definition) is 6. The zero-order valence-electron chi connectivity index (χ0n) is 20.0. The molecule has 0 saturated carbocycles. The van der Waals surface area contributed by atoms with Crippen LogP contribution < -0.4 is 9.47 Å². The molecular weight excluding hydrogens is 456 g/mol. The highest BCUT2D eigenvalue weighted by atomic mass is 16.5. The highest BCUT2D eigenvalue weighted by Crippen LogP contribution is 2.42. The summed E-state index contributed by atoms with van der Waals surface area (Å²) in [5.41, 5.74) is 3.62. The molecule has 0 fully saturated rings. The molecule has 0 unspecified atom stereocenters. The molecule has 6 nitrogen and oxygen atoms in total. The minimum atomic E-state index is -0.402. The molecule has 2 aliphatic rings. The molecule has 0 spiro atoms. The molecular formula is C30H28O6. The first-order valence-electron chi connectivity index (χ1n) is 12.0. The smallest absolute Gasteiger partial charge is 0.201 e. The van der Waals surface area contributed by atoms with Crippen molar-refractivity contribution in [1.82, 2.24) is 0 Å². The van der Waals surface area contributed by atoms with Gasteiger partial charge in [-0.05, 0) is 84.5 Å². The molecule has 0 aromatic heterocycles. The Balaban J connectivity index is 1.60. The van der Waals surface area contributed by atoms with Gasteiger partial charge in [0.25, 0.3) is 0 Å². The summed E-state index contributed by atoms with van der Waals surface area (Å²) in [7, 11) is 0. The molecule has 3 N–H and O–H groups in total. The predicted molar refractivity (Wildman–Crippen MR) is 136 cm³/mol. The van der Waals surface area contributed by atoms with Gasteiger partial charge in [0.05, 0.1) is 6.10 Å². The van der Waals surface area contributed by atoms with Crippen molar-refractivity contribution >= 4 is 0 Å². The molecule has 184 valence electrons. The normalized spacial score (nSPS) is 15.2. The predicted octanol–water partition coefficient (Wildman–Crippen LogP) is 6.81. The van der Waals surface area contributed by atoms with Gasteiger partial charge < -0.3 is 29.5 Å². The van der Waals surface area contributed by atoms with E-state index >= 15 is 0 Å². The van der Waals surface area contributed by atoms with Gasteiger partial charge in [0.15, 0.2) is 23.0 Å². The average Bonchev–Trinajstić information content (AvgIpc) is 2.87. The summed E-state index contributed by atoms with van der Waals surface area (Å²) in [5, 5.41) is 31.5. The number of hydrogen-bond donors (Lipinski definition) is 3. The molecule has 2 aliphatic heterocycles. The molecule has 6 bridgehead atoms. The van der Waals surface area contributed by atoms with Crippen LogP contribution in [-0.2, 0) is 24.0 Å². The second kappa shape index (κ2) is 10.2. The second-order valence-corrected chi connectivity index (χ2v) is 8.80. The van der Waals surface area contributed by atoms with Gasteiger partial charge in [-0.2, -0.15) is 0 Å². The van der Waals surface area contributed by atoms with Crippen LogP contribution in [0.3, 0.4) is 0 Å². The Kier molecular flexibility index (Phi) is 6.69. The number of phenolic OH excluding ortho intramolecular Hbond substituents is 3. The minimum Gasteiger partial charge on any atom is -0.504 e. The molecule has 0 amide bonds. The minimum absolute atomic E-state index is 0.0929. The number of phenols is 3. The van der Waals surface area contributed by atoms with Gasteiger partial charge in [-0.3, -0.25) is 0 Å². The van der Waals surface area contributed by atoms with Crippen LogP contribution in [0, 0.1) is 0 Å². The van der Waals surface area contributed by atoms with E-state index in [0.29, 0.717) is 42.3 Å². The zero-order valence-corrected chi connectivity index (χ0v) is 20.0. The van der Waals surface area contributed by atoms with Crippen LogP contribution in [0.5, 0.6) is 40.2 Å². The van der Waals surface area contributed by atoms with Crippen molar-refractivity contribution in [2.75, 3.05) is 6.61 Å². The number of benzene rings is 4. The fraction of sp³-hybridized carbons (Fsp3) is 0.200. The van der Waals surface area contributed by atoms with Crippen molar-refractivity contribution in [1.29, 1.82) is 0 Å². The van der Waals surface area contributed by atoms with E-state index in [2.05, 4.69) is 0 Å². The molecule has 0 aliphatic carbocycles. The Morgan fingerprint density at radius 2 is 1.58 bits per heavy atom. The lowest BCUT2D eigenvalue weighted by Gasteiger charge is -2.20. The highest BCUT2D eigenvalue weighted by molar-refractivity contribution is 5.54. The summed E-state index contributed by atoms with van der Waals surface area (Å²) >= 11 is 0. The van der Waals surface area contributed by atoms with Crippen LogP contribution >= 0.6 is 0 Å². The van der Waals surface area contributed by atoms with Gasteiger partial charge in [0.1, 0.15) is 11.5 Å². The summed E-state index contributed by atoms with van der Waals surface area (Å²) in [6.07, 6.45) is 1.50. The zero-order chi connectivity index (χ0) is 25.1. The Labute approximate surface area is 210 Å². The lowest BCUT2D eigenvalue weighted by molar-refractivity contribution is 0.0624. The van der Waals surface area contributed by atoms with Crippen molar-refractivity contribution in [3.63, 3.8) is 0 Å². The summed E-state index contributed by atoms with van der Waals surface area (Å²) in [4.78, 5) is 0. The first-order valence-corrected chi connectivity index (χ1v) is 12.0. The Morgan fingerprint density at radius 3 is 2.39 bits per heavy atom. The first kappa shape index (κ1) is 23.6. The summed E-state index contributed by atoms with van der Waals surface area (Å²) < 4.78 is 18.2. The second-order valence-electron chi connectivity index (χ2n) is 8.80. The summed E-state index contributed by atoms with van der Waals surface area (Å²) in [5.74, 6) is 1.24. The van der Waals surface area contributed by atoms with Crippen molar-refractivity contribution in [3.8, 4) is 40.2 Å². The van der Waals surface area contributed by atoms with Gasteiger partial charge in [-0.25, -0.2) is 0 Å². The van der Waals surface area contributed by atoms with E-state index in [9.17, 15) is 15.3 Å². The molecule has 2 heterocycles. The topological polar surface area (TPSA) is 88.4 Å². The van der Waals surface area contributed by atoms with E-state index in [1.165, 1.54) is 6.07 Å². The van der Waals surface area contributed by atoms with Crippen molar-refractivity contribution < 1.29 is 29.5 Å². The van der Waals surface area contributed by atoms with Crippen LogP contribution in [0.15, 0.2) is 78.9 Å². The molecule has 6 heteroatoms. The van der Waals surface area contributed by atoms with E-state index in [1.54, 1.807) is 12.1 Å². The summed E-state index contributed by atoms with van der Waals surface area (Å²) in [6, 6.07) is 23.8. The van der Waals surface area contributed by atoms with Gasteiger partial charge in [-0.15, -0.1) is 0 Å². The number of para-hydroxylation sites is 1. The van der Waals surface area contributed by atoms with E-state index in [0.717, 1.165) is 23.1 Å². The molecule has 1 atom stereocenters. The standard InChI is InChI=1S/C30H28O6/c1-2-34-27-16-20-5-3-7-24(15-20)36-30-21(6-4-8-25(30)31)12-9-19-10-13-23(14-11-19)35-28-18-22(27)17-26(32)29(28)33/h3-8,10-11,13-15,17-18,27,31-33H,2,9,12,16H2,1H3/t27-/m1/s1. The third-order valence-electron chi connectivity index (χ3n) is 6.27. The Bertz CT molecular complexity index is 1360. The monoisotopic (exact) mass is 484 g/mol. The van der Waals surface area contributed by atoms with Gasteiger partial charge in [0, 0.05) is 13.0 Å². The first-order chi connectivity index (χ1) is 17.5. The molecule has 0 saturated heterocycles. The third kappa shape index (κ3) is 5.09.